The topological polar surface area (TPSA) is 57.1 Å². The molecule has 0 saturated carbocycles. The Balaban J connectivity index is 0.00000148. The first kappa shape index (κ1) is 25.7. The molecule has 0 spiro atoms. The smallest absolute Gasteiger partial charge is 0.399 e. The number of aromatic nitrogens is 3. The molecular weight excluding hydrogens is 452 g/mol. The van der Waals surface area contributed by atoms with Gasteiger partial charge in [0.2, 0.25) is 0 Å². The third-order valence-corrected chi connectivity index (χ3v) is 6.46. The quantitative estimate of drug-likeness (QED) is 0.317. The van der Waals surface area contributed by atoms with E-state index in [0.717, 1.165) is 11.1 Å². The number of halogens is 1. The molecule has 2 heterocycles. The van der Waals surface area contributed by atoms with Crippen molar-refractivity contribution in [3.8, 4) is 34.2 Å². The van der Waals surface area contributed by atoms with E-state index in [0.29, 0.717) is 28.5 Å². The minimum absolute atomic E-state index is 0.319. The second kappa shape index (κ2) is 10.3. The minimum Gasteiger partial charge on any atom is -0.399 e. The van der Waals surface area contributed by atoms with Crippen LogP contribution in [0, 0.1) is 5.82 Å². The lowest BCUT2D eigenvalue weighted by Gasteiger charge is -2.32. The first-order chi connectivity index (χ1) is 17.2. The van der Waals surface area contributed by atoms with Gasteiger partial charge in [0.25, 0.3) is 0 Å². The van der Waals surface area contributed by atoms with E-state index in [1.807, 2.05) is 102 Å². The summed E-state index contributed by atoms with van der Waals surface area (Å²) in [4.78, 5) is 14.2. The van der Waals surface area contributed by atoms with Crippen LogP contribution in [0.3, 0.4) is 0 Å². The van der Waals surface area contributed by atoms with Crippen LogP contribution < -0.4 is 5.46 Å². The van der Waals surface area contributed by atoms with Crippen molar-refractivity contribution in [3.63, 3.8) is 0 Å². The molecule has 0 amide bonds. The first-order valence-electron chi connectivity index (χ1n) is 12.3. The molecule has 1 aliphatic rings. The lowest BCUT2D eigenvalue weighted by molar-refractivity contribution is 0.00578. The molecular formula is C29H31BFN3O2. The van der Waals surface area contributed by atoms with Gasteiger partial charge < -0.3 is 9.31 Å². The lowest BCUT2D eigenvalue weighted by Crippen LogP contribution is -2.41. The number of nitrogens with zero attached hydrogens (tertiary/aromatic N) is 3. The Bertz CT molecular complexity index is 1260. The van der Waals surface area contributed by atoms with Gasteiger partial charge in [0.15, 0.2) is 17.5 Å². The van der Waals surface area contributed by atoms with Crippen LogP contribution in [0.2, 0.25) is 0 Å². The highest BCUT2D eigenvalue weighted by atomic mass is 19.1. The predicted molar refractivity (Wildman–Crippen MR) is 143 cm³/mol. The van der Waals surface area contributed by atoms with E-state index in [1.165, 1.54) is 6.07 Å². The van der Waals surface area contributed by atoms with Gasteiger partial charge in [-0.05, 0) is 45.9 Å². The standard InChI is InChI=1S/C27H25BFN3O2.C2H6/c1-26(2)27(3,4)34-28(33-26)21-17-20(15-16-22(21)29)25-31-23(18-11-7-5-8-12-18)30-24(32-25)19-13-9-6-10-14-19;1-2/h5-17H,1-4H3;1-2H3. The van der Waals surface area contributed by atoms with Crippen molar-refractivity contribution in [2.24, 2.45) is 0 Å². The highest BCUT2D eigenvalue weighted by molar-refractivity contribution is 6.62. The van der Waals surface area contributed by atoms with Gasteiger partial charge in [0.05, 0.1) is 11.2 Å². The van der Waals surface area contributed by atoms with Crippen molar-refractivity contribution >= 4 is 12.6 Å². The fraction of sp³-hybridized carbons (Fsp3) is 0.276. The molecule has 5 nitrogen and oxygen atoms in total. The third kappa shape index (κ3) is 5.08. The monoisotopic (exact) mass is 483 g/mol. The maximum atomic E-state index is 14.9. The molecule has 0 unspecified atom stereocenters. The van der Waals surface area contributed by atoms with Crippen molar-refractivity contribution < 1.29 is 13.7 Å². The molecule has 0 radical (unpaired) electrons. The van der Waals surface area contributed by atoms with Crippen LogP contribution in [-0.4, -0.2) is 33.3 Å². The summed E-state index contributed by atoms with van der Waals surface area (Å²) in [6.07, 6.45) is 0. The summed E-state index contributed by atoms with van der Waals surface area (Å²) in [6, 6.07) is 24.2. The molecule has 184 valence electrons. The number of benzene rings is 3. The Hall–Kier alpha value is -3.42. The number of rotatable bonds is 4. The molecule has 0 atom stereocenters. The van der Waals surface area contributed by atoms with Gasteiger partial charge in [-0.3, -0.25) is 0 Å². The summed E-state index contributed by atoms with van der Waals surface area (Å²) in [5, 5.41) is 0. The van der Waals surface area contributed by atoms with E-state index in [2.05, 4.69) is 0 Å². The summed E-state index contributed by atoms with van der Waals surface area (Å²) >= 11 is 0. The Labute approximate surface area is 212 Å². The van der Waals surface area contributed by atoms with Crippen molar-refractivity contribution in [1.82, 2.24) is 15.0 Å². The zero-order valence-corrected chi connectivity index (χ0v) is 21.6. The fourth-order valence-corrected chi connectivity index (χ4v) is 3.77. The summed E-state index contributed by atoms with van der Waals surface area (Å²) < 4.78 is 27.1. The van der Waals surface area contributed by atoms with E-state index in [-0.39, 0.29) is 0 Å². The van der Waals surface area contributed by atoms with Crippen molar-refractivity contribution in [2.45, 2.75) is 52.7 Å². The Morgan fingerprint density at radius 3 is 1.47 bits per heavy atom. The van der Waals surface area contributed by atoms with E-state index in [4.69, 9.17) is 24.3 Å². The van der Waals surface area contributed by atoms with E-state index < -0.39 is 24.1 Å². The van der Waals surface area contributed by atoms with Gasteiger partial charge in [-0.15, -0.1) is 0 Å². The van der Waals surface area contributed by atoms with Gasteiger partial charge in [-0.25, -0.2) is 19.3 Å². The Morgan fingerprint density at radius 1 is 0.611 bits per heavy atom. The van der Waals surface area contributed by atoms with Crippen LogP contribution in [0.1, 0.15) is 41.5 Å². The molecule has 1 aromatic heterocycles. The van der Waals surface area contributed by atoms with Crippen LogP contribution in [0.15, 0.2) is 78.9 Å². The van der Waals surface area contributed by atoms with E-state index in [9.17, 15) is 4.39 Å². The molecule has 36 heavy (non-hydrogen) atoms. The molecule has 1 fully saturated rings. The average Bonchev–Trinajstić information content (AvgIpc) is 3.12. The average molecular weight is 483 g/mol. The Kier molecular flexibility index (Phi) is 7.34. The van der Waals surface area contributed by atoms with Crippen LogP contribution in [0.4, 0.5) is 4.39 Å². The third-order valence-electron chi connectivity index (χ3n) is 6.46. The molecule has 0 bridgehead atoms. The van der Waals surface area contributed by atoms with E-state index in [1.54, 1.807) is 12.1 Å². The van der Waals surface area contributed by atoms with Crippen molar-refractivity contribution in [2.75, 3.05) is 0 Å². The van der Waals surface area contributed by atoms with E-state index >= 15 is 0 Å². The van der Waals surface area contributed by atoms with Gasteiger partial charge in [-0.2, -0.15) is 0 Å². The van der Waals surface area contributed by atoms with Crippen LogP contribution >= 0.6 is 0 Å². The van der Waals surface area contributed by atoms with Crippen molar-refractivity contribution in [3.05, 3.63) is 84.7 Å². The molecule has 1 saturated heterocycles. The second-order valence-electron chi connectivity index (χ2n) is 9.36. The summed E-state index contributed by atoms with van der Waals surface area (Å²) in [5.74, 6) is 1.14. The molecule has 0 N–H and O–H groups in total. The molecule has 1 aliphatic heterocycles. The van der Waals surface area contributed by atoms with Gasteiger partial charge in [0.1, 0.15) is 5.82 Å². The molecule has 0 aliphatic carbocycles. The van der Waals surface area contributed by atoms with Gasteiger partial charge in [-0.1, -0.05) is 74.5 Å². The normalized spacial score (nSPS) is 15.8. The number of hydrogen-bond acceptors (Lipinski definition) is 5. The minimum atomic E-state index is -0.825. The molecule has 7 heteroatoms. The molecule has 3 aromatic carbocycles. The van der Waals surface area contributed by atoms with Crippen molar-refractivity contribution in [1.29, 1.82) is 0 Å². The maximum Gasteiger partial charge on any atom is 0.497 e. The van der Waals surface area contributed by atoms with Crippen LogP contribution in [0.25, 0.3) is 34.2 Å². The lowest BCUT2D eigenvalue weighted by atomic mass is 9.78. The molecule has 5 rings (SSSR count). The Morgan fingerprint density at radius 2 is 1.03 bits per heavy atom. The summed E-state index contributed by atoms with van der Waals surface area (Å²) in [6.45, 7) is 11.8. The summed E-state index contributed by atoms with van der Waals surface area (Å²) in [5.41, 5.74) is 1.57. The summed E-state index contributed by atoms with van der Waals surface area (Å²) in [7, 11) is -0.825. The van der Waals surface area contributed by atoms with Crippen LogP contribution in [0.5, 0.6) is 0 Å². The van der Waals surface area contributed by atoms with Crippen LogP contribution in [-0.2, 0) is 9.31 Å². The van der Waals surface area contributed by atoms with Gasteiger partial charge >= 0.3 is 7.12 Å². The van der Waals surface area contributed by atoms with Gasteiger partial charge in [0, 0.05) is 22.2 Å². The highest BCUT2D eigenvalue weighted by Crippen LogP contribution is 2.37. The SMILES string of the molecule is CC.CC1(C)OB(c2cc(-c3nc(-c4ccccc4)nc(-c4ccccc4)n3)ccc2F)OC1(C)C. The maximum absolute atomic E-state index is 14.9. The second-order valence-corrected chi connectivity index (χ2v) is 9.36. The number of hydrogen-bond donors (Lipinski definition) is 0. The fourth-order valence-electron chi connectivity index (χ4n) is 3.77. The molecule has 4 aromatic rings. The first-order valence-corrected chi connectivity index (χ1v) is 12.3. The highest BCUT2D eigenvalue weighted by Gasteiger charge is 2.52. The zero-order valence-electron chi connectivity index (χ0n) is 21.6. The largest absolute Gasteiger partial charge is 0.497 e. The zero-order chi connectivity index (χ0) is 25.9. The predicted octanol–water partition coefficient (Wildman–Crippen LogP) is 6.34.